The van der Waals surface area contributed by atoms with Crippen molar-refractivity contribution in [2.75, 3.05) is 5.32 Å². The molecule has 3 aromatic rings. The Kier molecular flexibility index (Phi) is 7.10. The first-order valence-electron chi connectivity index (χ1n) is 11.0. The highest BCUT2D eigenvalue weighted by Crippen LogP contribution is 2.24. The fraction of sp³-hybridized carbons (Fsp3) is 0.296. The number of hydrogen-bond donors (Lipinski definition) is 2. The SMILES string of the molecule is Cc1cc(C)c(NC(=O)c2ccc(CNS(=O)(=O)c3ccc(C(C)(C)C)cc3)cc2)c(C)c1. The van der Waals surface area contributed by atoms with Gasteiger partial charge in [-0.2, -0.15) is 0 Å². The lowest BCUT2D eigenvalue weighted by Crippen LogP contribution is -2.23. The number of carbonyl (C=O) groups excluding carboxylic acids is 1. The minimum Gasteiger partial charge on any atom is -0.322 e. The smallest absolute Gasteiger partial charge is 0.255 e. The van der Waals surface area contributed by atoms with Gasteiger partial charge in [0.25, 0.3) is 5.91 Å². The molecule has 0 unspecified atom stereocenters. The van der Waals surface area contributed by atoms with Crippen LogP contribution in [0.3, 0.4) is 0 Å². The van der Waals surface area contributed by atoms with Crippen molar-refractivity contribution in [2.45, 2.75) is 58.4 Å². The van der Waals surface area contributed by atoms with Crippen molar-refractivity contribution in [2.24, 2.45) is 0 Å². The van der Waals surface area contributed by atoms with Crippen LogP contribution in [0.2, 0.25) is 0 Å². The van der Waals surface area contributed by atoms with Crippen molar-refractivity contribution >= 4 is 21.6 Å². The molecule has 2 N–H and O–H groups in total. The van der Waals surface area contributed by atoms with Crippen molar-refractivity contribution in [3.8, 4) is 0 Å². The standard InChI is InChI=1S/C27H32N2O3S/c1-18-15-19(2)25(20(3)16-18)29-26(30)22-9-7-21(8-10-22)17-28-33(31,32)24-13-11-23(12-14-24)27(4,5)6/h7-16,28H,17H2,1-6H3,(H,29,30). The van der Waals surface area contributed by atoms with Gasteiger partial charge >= 0.3 is 0 Å². The first-order valence-corrected chi connectivity index (χ1v) is 12.4. The lowest BCUT2D eigenvalue weighted by Gasteiger charge is -2.19. The summed E-state index contributed by atoms with van der Waals surface area (Å²) in [5.41, 5.74) is 6.32. The monoisotopic (exact) mass is 464 g/mol. The zero-order valence-electron chi connectivity index (χ0n) is 20.1. The number of anilines is 1. The quantitative estimate of drug-likeness (QED) is 0.496. The van der Waals surface area contributed by atoms with E-state index in [4.69, 9.17) is 0 Å². The van der Waals surface area contributed by atoms with Gasteiger partial charge in [-0.25, -0.2) is 13.1 Å². The molecule has 3 rings (SSSR count). The third-order valence-electron chi connectivity index (χ3n) is 5.63. The van der Waals surface area contributed by atoms with Crippen LogP contribution < -0.4 is 10.0 Å². The average Bonchev–Trinajstić information content (AvgIpc) is 2.74. The normalized spacial score (nSPS) is 11.9. The summed E-state index contributed by atoms with van der Waals surface area (Å²) in [6.07, 6.45) is 0. The Morgan fingerprint density at radius 1 is 0.848 bits per heavy atom. The summed E-state index contributed by atoms with van der Waals surface area (Å²) in [6, 6.07) is 18.0. The fourth-order valence-electron chi connectivity index (χ4n) is 3.73. The van der Waals surface area contributed by atoms with E-state index in [1.165, 1.54) is 0 Å². The topological polar surface area (TPSA) is 75.3 Å². The molecule has 0 atom stereocenters. The maximum absolute atomic E-state index is 12.7. The van der Waals surface area contributed by atoms with E-state index in [9.17, 15) is 13.2 Å². The maximum Gasteiger partial charge on any atom is 0.255 e. The van der Waals surface area contributed by atoms with E-state index < -0.39 is 10.0 Å². The summed E-state index contributed by atoms with van der Waals surface area (Å²) in [4.78, 5) is 12.9. The molecular weight excluding hydrogens is 432 g/mol. The van der Waals surface area contributed by atoms with E-state index in [-0.39, 0.29) is 22.8 Å². The molecule has 33 heavy (non-hydrogen) atoms. The molecule has 3 aromatic carbocycles. The van der Waals surface area contributed by atoms with Gasteiger partial charge in [-0.3, -0.25) is 4.79 Å². The molecule has 0 spiro atoms. The second-order valence-corrected chi connectivity index (χ2v) is 11.3. The molecule has 1 amide bonds. The van der Waals surface area contributed by atoms with Crippen LogP contribution in [0.1, 0.15) is 58.9 Å². The molecule has 0 aromatic heterocycles. The summed E-state index contributed by atoms with van der Waals surface area (Å²) >= 11 is 0. The van der Waals surface area contributed by atoms with E-state index >= 15 is 0 Å². The Balaban J connectivity index is 1.65. The molecule has 0 radical (unpaired) electrons. The van der Waals surface area contributed by atoms with Gasteiger partial charge in [0.2, 0.25) is 10.0 Å². The van der Waals surface area contributed by atoms with Crippen LogP contribution in [0.5, 0.6) is 0 Å². The molecule has 5 nitrogen and oxygen atoms in total. The van der Waals surface area contributed by atoms with Gasteiger partial charge in [0, 0.05) is 17.8 Å². The number of nitrogens with one attached hydrogen (secondary N) is 2. The Morgan fingerprint density at radius 3 is 1.91 bits per heavy atom. The van der Waals surface area contributed by atoms with Crippen molar-refractivity contribution in [1.29, 1.82) is 0 Å². The lowest BCUT2D eigenvalue weighted by molar-refractivity contribution is 0.102. The van der Waals surface area contributed by atoms with Crippen LogP contribution in [-0.4, -0.2) is 14.3 Å². The Morgan fingerprint density at radius 2 is 1.39 bits per heavy atom. The highest BCUT2D eigenvalue weighted by Gasteiger charge is 2.17. The number of aryl methyl sites for hydroxylation is 3. The van der Waals surface area contributed by atoms with Gasteiger partial charge in [-0.05, 0) is 72.7 Å². The van der Waals surface area contributed by atoms with Crippen LogP contribution in [0.25, 0.3) is 0 Å². The third kappa shape index (κ3) is 6.09. The van der Waals surface area contributed by atoms with E-state index in [2.05, 4.69) is 30.8 Å². The minimum atomic E-state index is -3.63. The van der Waals surface area contributed by atoms with Crippen LogP contribution >= 0.6 is 0 Å². The first-order chi connectivity index (χ1) is 15.4. The first kappa shape index (κ1) is 24.7. The summed E-state index contributed by atoms with van der Waals surface area (Å²) in [7, 11) is -3.63. The van der Waals surface area contributed by atoms with Crippen molar-refractivity contribution in [1.82, 2.24) is 4.72 Å². The zero-order chi connectivity index (χ0) is 24.4. The number of rotatable bonds is 6. The fourth-order valence-corrected chi connectivity index (χ4v) is 4.75. The Bertz CT molecular complexity index is 1230. The summed E-state index contributed by atoms with van der Waals surface area (Å²) in [6.45, 7) is 12.4. The zero-order valence-corrected chi connectivity index (χ0v) is 20.9. The van der Waals surface area contributed by atoms with Gasteiger partial charge in [0.1, 0.15) is 0 Å². The molecule has 0 aliphatic rings. The van der Waals surface area contributed by atoms with Gasteiger partial charge in [0.05, 0.1) is 4.90 Å². The molecule has 0 saturated carbocycles. The Labute approximate surface area is 197 Å². The van der Waals surface area contributed by atoms with Crippen LogP contribution in [0.15, 0.2) is 65.6 Å². The van der Waals surface area contributed by atoms with Crippen molar-refractivity contribution in [3.63, 3.8) is 0 Å². The molecular formula is C27H32N2O3S. The molecule has 0 saturated heterocycles. The molecule has 0 fully saturated rings. The second-order valence-electron chi connectivity index (χ2n) is 9.52. The number of carbonyl (C=O) groups is 1. The molecule has 174 valence electrons. The van der Waals surface area contributed by atoms with Crippen LogP contribution in [0, 0.1) is 20.8 Å². The highest BCUT2D eigenvalue weighted by molar-refractivity contribution is 7.89. The Hall–Kier alpha value is -2.96. The number of hydrogen-bond acceptors (Lipinski definition) is 3. The summed E-state index contributed by atoms with van der Waals surface area (Å²) < 4.78 is 27.9. The summed E-state index contributed by atoms with van der Waals surface area (Å²) in [5.74, 6) is -0.198. The van der Waals surface area contributed by atoms with E-state index in [1.807, 2.05) is 45.0 Å². The number of benzene rings is 3. The second kappa shape index (κ2) is 9.49. The predicted molar refractivity (Wildman–Crippen MR) is 134 cm³/mol. The van der Waals surface area contributed by atoms with E-state index in [0.29, 0.717) is 5.56 Å². The highest BCUT2D eigenvalue weighted by atomic mass is 32.2. The van der Waals surface area contributed by atoms with Crippen molar-refractivity contribution in [3.05, 3.63) is 94.0 Å². The van der Waals surface area contributed by atoms with Gasteiger partial charge in [0.15, 0.2) is 0 Å². The number of sulfonamides is 1. The third-order valence-corrected chi connectivity index (χ3v) is 7.05. The van der Waals surface area contributed by atoms with Gasteiger partial charge < -0.3 is 5.32 Å². The molecule has 0 bridgehead atoms. The predicted octanol–water partition coefficient (Wildman–Crippen LogP) is 5.64. The van der Waals surface area contributed by atoms with Crippen LogP contribution in [0.4, 0.5) is 5.69 Å². The maximum atomic E-state index is 12.7. The van der Waals surface area contributed by atoms with Gasteiger partial charge in [-0.1, -0.05) is 62.7 Å². The van der Waals surface area contributed by atoms with Crippen molar-refractivity contribution < 1.29 is 13.2 Å². The van der Waals surface area contributed by atoms with Gasteiger partial charge in [-0.15, -0.1) is 0 Å². The number of amides is 1. The van der Waals surface area contributed by atoms with Crippen LogP contribution in [-0.2, 0) is 22.0 Å². The molecule has 6 heteroatoms. The summed E-state index contributed by atoms with van der Waals surface area (Å²) in [5, 5.41) is 2.98. The average molecular weight is 465 g/mol. The minimum absolute atomic E-state index is 0.0411. The molecule has 0 heterocycles. The van der Waals surface area contributed by atoms with E-state index in [1.54, 1.807) is 36.4 Å². The van der Waals surface area contributed by atoms with E-state index in [0.717, 1.165) is 33.5 Å². The lowest BCUT2D eigenvalue weighted by atomic mass is 9.87. The largest absolute Gasteiger partial charge is 0.322 e. The molecule has 0 aliphatic heterocycles. The molecule has 0 aliphatic carbocycles.